The van der Waals surface area contributed by atoms with Crippen LogP contribution in [0.25, 0.3) is 55.3 Å². The van der Waals surface area contributed by atoms with E-state index >= 15 is 0 Å². The molecule has 8 rings (SSSR count). The molecule has 0 aromatic heterocycles. The minimum atomic E-state index is 1.11. The molecule has 0 aliphatic carbocycles. The van der Waals surface area contributed by atoms with Crippen molar-refractivity contribution >= 4 is 27.8 Å². The number of hydrogen-bond donors (Lipinski definition) is 0. The smallest absolute Gasteiger partial charge is 0.0540 e. The molecule has 222 valence electrons. The molecule has 0 fully saturated rings. The number of para-hydroxylation sites is 1. The Morgan fingerprint density at radius 3 is 1.45 bits per heavy atom. The Morgan fingerprint density at radius 2 is 0.745 bits per heavy atom. The molecule has 47 heavy (non-hydrogen) atoms. The molecule has 0 radical (unpaired) electrons. The number of nitrogens with zero attached hydrogens (tertiary/aromatic N) is 1. The van der Waals surface area contributed by atoms with Gasteiger partial charge >= 0.3 is 0 Å². The fourth-order valence-electron chi connectivity index (χ4n) is 6.44. The first-order valence-electron chi connectivity index (χ1n) is 16.1. The summed E-state index contributed by atoms with van der Waals surface area (Å²) >= 11 is 0. The minimum absolute atomic E-state index is 1.11. The molecule has 0 aliphatic rings. The molecule has 8 aromatic carbocycles. The van der Waals surface area contributed by atoms with E-state index in [0.29, 0.717) is 0 Å². The first-order valence-corrected chi connectivity index (χ1v) is 16.1. The van der Waals surface area contributed by atoms with Gasteiger partial charge in [0, 0.05) is 16.9 Å². The van der Waals surface area contributed by atoms with Crippen LogP contribution < -0.4 is 4.90 Å². The van der Waals surface area contributed by atoms with Gasteiger partial charge in [0.1, 0.15) is 0 Å². The molecule has 1 nitrogen and oxygen atoms in total. The lowest BCUT2D eigenvalue weighted by atomic mass is 9.97. The number of rotatable bonds is 7. The van der Waals surface area contributed by atoms with Crippen molar-refractivity contribution in [3.05, 3.63) is 200 Å². The summed E-state index contributed by atoms with van der Waals surface area (Å²) in [5, 5.41) is 2.49. The summed E-state index contributed by atoms with van der Waals surface area (Å²) in [7, 11) is 0. The van der Waals surface area contributed by atoms with E-state index < -0.39 is 0 Å². The van der Waals surface area contributed by atoms with Crippen LogP contribution in [0.3, 0.4) is 0 Å². The maximum atomic E-state index is 2.39. The Labute approximate surface area is 276 Å². The molecule has 0 aliphatic heterocycles. The van der Waals surface area contributed by atoms with Gasteiger partial charge in [-0.05, 0) is 86.1 Å². The molecule has 0 unspecified atom stereocenters. The average Bonchev–Trinajstić information content (AvgIpc) is 3.16. The van der Waals surface area contributed by atoms with Crippen LogP contribution in [-0.2, 0) is 0 Å². The summed E-state index contributed by atoms with van der Waals surface area (Å²) in [6.45, 7) is 0. The van der Waals surface area contributed by atoms with Gasteiger partial charge in [-0.2, -0.15) is 0 Å². The molecule has 0 saturated heterocycles. The summed E-state index contributed by atoms with van der Waals surface area (Å²) in [5.74, 6) is 0. The quantitative estimate of drug-likeness (QED) is 0.176. The van der Waals surface area contributed by atoms with Gasteiger partial charge in [0.15, 0.2) is 0 Å². The van der Waals surface area contributed by atoms with E-state index in [1.54, 1.807) is 0 Å². The predicted octanol–water partition coefficient (Wildman–Crippen LogP) is 13.0. The molecule has 0 atom stereocenters. The number of anilines is 3. The van der Waals surface area contributed by atoms with Crippen LogP contribution >= 0.6 is 0 Å². The van der Waals surface area contributed by atoms with E-state index in [-0.39, 0.29) is 0 Å². The highest BCUT2D eigenvalue weighted by Gasteiger charge is 2.18. The standard InChI is InChI=1S/C46H33N/c1-3-12-34(13-4-1)37-22-25-39(26-23-37)45-20-9-10-21-46(45)47(43-30-28-38(29-31-43)35-14-5-2-6-15-35)44-19-11-18-41(33-44)42-27-24-36-16-7-8-17-40(36)32-42/h1-33H. The summed E-state index contributed by atoms with van der Waals surface area (Å²) in [6.07, 6.45) is 0. The van der Waals surface area contributed by atoms with Crippen molar-refractivity contribution in [2.24, 2.45) is 0 Å². The summed E-state index contributed by atoms with van der Waals surface area (Å²) in [5.41, 5.74) is 12.9. The van der Waals surface area contributed by atoms with Crippen molar-refractivity contribution in [1.29, 1.82) is 0 Å². The second-order valence-electron chi connectivity index (χ2n) is 11.8. The molecule has 0 heterocycles. The van der Waals surface area contributed by atoms with Crippen molar-refractivity contribution in [2.75, 3.05) is 4.90 Å². The average molecular weight is 600 g/mol. The van der Waals surface area contributed by atoms with Crippen molar-refractivity contribution in [3.8, 4) is 44.5 Å². The van der Waals surface area contributed by atoms with Gasteiger partial charge in [0.2, 0.25) is 0 Å². The zero-order valence-corrected chi connectivity index (χ0v) is 26.0. The number of benzene rings is 8. The van der Waals surface area contributed by atoms with Gasteiger partial charge < -0.3 is 4.90 Å². The van der Waals surface area contributed by atoms with E-state index in [9.17, 15) is 0 Å². The summed E-state index contributed by atoms with van der Waals surface area (Å²) in [4.78, 5) is 2.39. The van der Waals surface area contributed by atoms with Crippen LogP contribution in [0.2, 0.25) is 0 Å². The van der Waals surface area contributed by atoms with Crippen molar-refractivity contribution in [2.45, 2.75) is 0 Å². The Hall–Kier alpha value is -6.18. The minimum Gasteiger partial charge on any atom is -0.310 e. The van der Waals surface area contributed by atoms with E-state index in [2.05, 4.69) is 205 Å². The molecule has 0 N–H and O–H groups in total. The molecule has 0 spiro atoms. The second kappa shape index (κ2) is 12.7. The summed E-state index contributed by atoms with van der Waals surface area (Å²) < 4.78 is 0. The fourth-order valence-corrected chi connectivity index (χ4v) is 6.44. The highest BCUT2D eigenvalue weighted by atomic mass is 15.1. The number of fused-ring (bicyclic) bond motifs is 1. The van der Waals surface area contributed by atoms with Gasteiger partial charge in [-0.15, -0.1) is 0 Å². The van der Waals surface area contributed by atoms with Gasteiger partial charge in [-0.25, -0.2) is 0 Å². The summed E-state index contributed by atoms with van der Waals surface area (Å²) in [6, 6.07) is 71.9. The van der Waals surface area contributed by atoms with Crippen LogP contribution in [0.4, 0.5) is 17.1 Å². The zero-order valence-electron chi connectivity index (χ0n) is 26.0. The van der Waals surface area contributed by atoms with Crippen LogP contribution in [-0.4, -0.2) is 0 Å². The molecular weight excluding hydrogens is 567 g/mol. The third-order valence-corrected chi connectivity index (χ3v) is 8.87. The SMILES string of the molecule is c1ccc(-c2ccc(-c3ccccc3N(c3ccc(-c4ccccc4)cc3)c3cccc(-c4ccc5ccccc5c4)c3)cc2)cc1. The Balaban J connectivity index is 1.25. The van der Waals surface area contributed by atoms with Gasteiger partial charge in [-0.1, -0.05) is 164 Å². The lowest BCUT2D eigenvalue weighted by Crippen LogP contribution is -2.11. The first kappa shape index (κ1) is 28.3. The largest absolute Gasteiger partial charge is 0.310 e. The van der Waals surface area contributed by atoms with Gasteiger partial charge in [-0.3, -0.25) is 0 Å². The Morgan fingerprint density at radius 1 is 0.255 bits per heavy atom. The molecule has 0 bridgehead atoms. The predicted molar refractivity (Wildman–Crippen MR) is 200 cm³/mol. The lowest BCUT2D eigenvalue weighted by molar-refractivity contribution is 1.28. The maximum Gasteiger partial charge on any atom is 0.0540 e. The number of hydrogen-bond acceptors (Lipinski definition) is 1. The van der Waals surface area contributed by atoms with E-state index in [1.165, 1.54) is 55.3 Å². The van der Waals surface area contributed by atoms with Gasteiger partial charge in [0.25, 0.3) is 0 Å². The van der Waals surface area contributed by atoms with Gasteiger partial charge in [0.05, 0.1) is 5.69 Å². The van der Waals surface area contributed by atoms with Crippen molar-refractivity contribution < 1.29 is 0 Å². The molecule has 1 heteroatoms. The third kappa shape index (κ3) is 5.83. The van der Waals surface area contributed by atoms with Crippen LogP contribution in [0.5, 0.6) is 0 Å². The normalized spacial score (nSPS) is 11.0. The lowest BCUT2D eigenvalue weighted by Gasteiger charge is -2.28. The van der Waals surface area contributed by atoms with E-state index in [0.717, 1.165) is 17.1 Å². The highest BCUT2D eigenvalue weighted by molar-refractivity contribution is 5.91. The Bertz CT molecular complexity index is 2270. The van der Waals surface area contributed by atoms with E-state index in [4.69, 9.17) is 0 Å². The van der Waals surface area contributed by atoms with Crippen LogP contribution in [0, 0.1) is 0 Å². The van der Waals surface area contributed by atoms with Crippen LogP contribution in [0.15, 0.2) is 200 Å². The molecule has 0 amide bonds. The first-order chi connectivity index (χ1) is 23.3. The fraction of sp³-hybridized carbons (Fsp3) is 0. The maximum absolute atomic E-state index is 2.39. The zero-order chi connectivity index (χ0) is 31.4. The molecule has 0 saturated carbocycles. The second-order valence-corrected chi connectivity index (χ2v) is 11.8. The molecule has 8 aromatic rings. The molecular formula is C46H33N. The highest BCUT2D eigenvalue weighted by Crippen LogP contribution is 2.42. The topological polar surface area (TPSA) is 3.24 Å². The van der Waals surface area contributed by atoms with E-state index in [1.807, 2.05) is 0 Å². The monoisotopic (exact) mass is 599 g/mol. The Kier molecular flexibility index (Phi) is 7.63. The third-order valence-electron chi connectivity index (χ3n) is 8.87. The van der Waals surface area contributed by atoms with Crippen molar-refractivity contribution in [3.63, 3.8) is 0 Å². The van der Waals surface area contributed by atoms with Crippen LogP contribution in [0.1, 0.15) is 0 Å². The van der Waals surface area contributed by atoms with Crippen molar-refractivity contribution in [1.82, 2.24) is 0 Å².